The smallest absolute Gasteiger partial charge is 0.231 e. The summed E-state index contributed by atoms with van der Waals surface area (Å²) in [5.41, 5.74) is 1.85. The Morgan fingerprint density at radius 2 is 1.82 bits per heavy atom. The van der Waals surface area contributed by atoms with E-state index in [-0.39, 0.29) is 24.9 Å². The Labute approximate surface area is 126 Å². The van der Waals surface area contributed by atoms with E-state index in [4.69, 9.17) is 14.2 Å². The van der Waals surface area contributed by atoms with Gasteiger partial charge in [-0.3, -0.25) is 4.79 Å². The topological polar surface area (TPSA) is 65.0 Å². The molecule has 4 rings (SSSR count). The standard InChI is InChI=1S/C17H12O5/c18-12-2-3-13-15(7-12)20-8-11(17(13)19)5-10-1-4-14-16(6-10)22-9-21-14/h1-7,18H,8-9H2. The van der Waals surface area contributed by atoms with Gasteiger partial charge < -0.3 is 19.3 Å². The van der Waals surface area contributed by atoms with E-state index in [0.717, 1.165) is 5.56 Å². The van der Waals surface area contributed by atoms with Gasteiger partial charge in [0.25, 0.3) is 0 Å². The van der Waals surface area contributed by atoms with Crippen LogP contribution < -0.4 is 14.2 Å². The van der Waals surface area contributed by atoms with Crippen LogP contribution in [0, 0.1) is 0 Å². The lowest BCUT2D eigenvalue weighted by Crippen LogP contribution is -2.18. The molecule has 0 amide bonds. The first kappa shape index (κ1) is 12.8. The Morgan fingerprint density at radius 1 is 0.955 bits per heavy atom. The summed E-state index contributed by atoms with van der Waals surface area (Å²) in [5, 5.41) is 9.43. The minimum atomic E-state index is -0.0982. The average Bonchev–Trinajstić information content (AvgIpc) is 2.97. The zero-order valence-corrected chi connectivity index (χ0v) is 11.5. The van der Waals surface area contributed by atoms with Gasteiger partial charge in [0, 0.05) is 11.6 Å². The number of ketones is 1. The van der Waals surface area contributed by atoms with Gasteiger partial charge in [-0.15, -0.1) is 0 Å². The number of carbonyl (C=O) groups is 1. The molecule has 0 fully saturated rings. The normalized spacial score (nSPS) is 17.3. The van der Waals surface area contributed by atoms with Crippen molar-refractivity contribution in [3.63, 3.8) is 0 Å². The van der Waals surface area contributed by atoms with Crippen molar-refractivity contribution in [3.8, 4) is 23.0 Å². The SMILES string of the molecule is O=C1C(=Cc2ccc3c(c2)OCO3)COc2cc(O)ccc21. The number of benzene rings is 2. The maximum absolute atomic E-state index is 12.5. The van der Waals surface area contributed by atoms with E-state index >= 15 is 0 Å². The van der Waals surface area contributed by atoms with Crippen molar-refractivity contribution >= 4 is 11.9 Å². The fourth-order valence-corrected chi connectivity index (χ4v) is 2.52. The van der Waals surface area contributed by atoms with Crippen LogP contribution in [-0.2, 0) is 0 Å². The number of phenolic OH excluding ortho intramolecular Hbond substituents is 1. The second-order valence-electron chi connectivity index (χ2n) is 5.08. The first-order valence-electron chi connectivity index (χ1n) is 6.81. The van der Waals surface area contributed by atoms with Gasteiger partial charge in [0.15, 0.2) is 17.3 Å². The largest absolute Gasteiger partial charge is 0.508 e. The molecule has 0 atom stereocenters. The Hall–Kier alpha value is -2.95. The Balaban J connectivity index is 1.69. The van der Waals surface area contributed by atoms with Crippen molar-refractivity contribution in [1.82, 2.24) is 0 Å². The highest BCUT2D eigenvalue weighted by molar-refractivity contribution is 6.14. The second-order valence-corrected chi connectivity index (χ2v) is 5.08. The lowest BCUT2D eigenvalue weighted by Gasteiger charge is -2.18. The first-order valence-corrected chi connectivity index (χ1v) is 6.81. The molecule has 0 spiro atoms. The molecule has 0 bridgehead atoms. The van der Waals surface area contributed by atoms with Crippen molar-refractivity contribution in [3.05, 3.63) is 53.1 Å². The monoisotopic (exact) mass is 296 g/mol. The molecule has 22 heavy (non-hydrogen) atoms. The summed E-state index contributed by atoms with van der Waals surface area (Å²) in [6.45, 7) is 0.387. The summed E-state index contributed by atoms with van der Waals surface area (Å²) in [6, 6.07) is 10.00. The molecular weight excluding hydrogens is 284 g/mol. The molecule has 0 unspecified atom stereocenters. The molecular formula is C17H12O5. The fraction of sp³-hybridized carbons (Fsp3) is 0.118. The maximum Gasteiger partial charge on any atom is 0.231 e. The van der Waals surface area contributed by atoms with Crippen LogP contribution in [-0.4, -0.2) is 24.3 Å². The first-order chi connectivity index (χ1) is 10.7. The summed E-state index contributed by atoms with van der Waals surface area (Å²) >= 11 is 0. The average molecular weight is 296 g/mol. The predicted octanol–water partition coefficient (Wildman–Crippen LogP) is 2.78. The summed E-state index contributed by atoms with van der Waals surface area (Å²) < 4.78 is 16.1. The molecule has 0 radical (unpaired) electrons. The van der Waals surface area contributed by atoms with Crippen LogP contribution in [0.25, 0.3) is 6.08 Å². The van der Waals surface area contributed by atoms with Crippen LogP contribution in [0.4, 0.5) is 0 Å². The van der Waals surface area contributed by atoms with Crippen LogP contribution in [0.15, 0.2) is 42.0 Å². The highest BCUT2D eigenvalue weighted by atomic mass is 16.7. The van der Waals surface area contributed by atoms with Crippen LogP contribution in [0.1, 0.15) is 15.9 Å². The van der Waals surface area contributed by atoms with E-state index < -0.39 is 0 Å². The van der Waals surface area contributed by atoms with Crippen LogP contribution in [0.2, 0.25) is 0 Å². The molecule has 2 heterocycles. The number of rotatable bonds is 1. The molecule has 1 N–H and O–H groups in total. The van der Waals surface area contributed by atoms with Gasteiger partial charge in [-0.1, -0.05) is 6.07 Å². The predicted molar refractivity (Wildman–Crippen MR) is 78.5 cm³/mol. The third-order valence-corrected chi connectivity index (χ3v) is 3.62. The summed E-state index contributed by atoms with van der Waals surface area (Å²) in [4.78, 5) is 12.5. The molecule has 2 aromatic carbocycles. The molecule has 0 saturated heterocycles. The van der Waals surface area contributed by atoms with Gasteiger partial charge in [-0.2, -0.15) is 0 Å². The van der Waals surface area contributed by atoms with Gasteiger partial charge in [0.05, 0.1) is 5.56 Å². The summed E-state index contributed by atoms with van der Waals surface area (Å²) in [6.07, 6.45) is 1.78. The quantitative estimate of drug-likeness (QED) is 0.820. The second kappa shape index (κ2) is 4.80. The Morgan fingerprint density at radius 3 is 2.73 bits per heavy atom. The van der Waals surface area contributed by atoms with Gasteiger partial charge in [0.1, 0.15) is 18.1 Å². The summed E-state index contributed by atoms with van der Waals surface area (Å²) in [7, 11) is 0. The molecule has 2 aliphatic heterocycles. The van der Waals surface area contributed by atoms with E-state index in [1.165, 1.54) is 12.1 Å². The number of aromatic hydroxyl groups is 1. The molecule has 110 valence electrons. The molecule has 0 aliphatic carbocycles. The third kappa shape index (κ3) is 2.07. The van der Waals surface area contributed by atoms with E-state index in [0.29, 0.717) is 28.4 Å². The van der Waals surface area contributed by atoms with Crippen molar-refractivity contribution < 1.29 is 24.1 Å². The highest BCUT2D eigenvalue weighted by Crippen LogP contribution is 2.34. The van der Waals surface area contributed by atoms with Crippen LogP contribution in [0.5, 0.6) is 23.0 Å². The molecule has 5 heteroatoms. The number of Topliss-reactive ketones (excluding diaryl/α,β-unsaturated/α-hetero) is 1. The molecule has 2 aliphatic rings. The van der Waals surface area contributed by atoms with Crippen molar-refractivity contribution in [2.24, 2.45) is 0 Å². The minimum absolute atomic E-state index is 0.0785. The number of carbonyl (C=O) groups excluding carboxylic acids is 1. The Kier molecular flexibility index (Phi) is 2.79. The van der Waals surface area contributed by atoms with Crippen molar-refractivity contribution in [1.29, 1.82) is 0 Å². The summed E-state index contributed by atoms with van der Waals surface area (Å²) in [5.74, 6) is 1.76. The third-order valence-electron chi connectivity index (χ3n) is 3.62. The number of hydrogen-bond donors (Lipinski definition) is 1. The number of phenols is 1. The maximum atomic E-state index is 12.5. The lowest BCUT2D eigenvalue weighted by atomic mass is 9.98. The number of fused-ring (bicyclic) bond motifs is 2. The van der Waals surface area contributed by atoms with E-state index in [1.807, 2.05) is 18.2 Å². The molecule has 0 saturated carbocycles. The number of hydrogen-bond acceptors (Lipinski definition) is 5. The number of ether oxygens (including phenoxy) is 3. The van der Waals surface area contributed by atoms with E-state index in [1.54, 1.807) is 12.1 Å². The molecule has 0 aromatic heterocycles. The lowest BCUT2D eigenvalue weighted by molar-refractivity contribution is 0.100. The van der Waals surface area contributed by atoms with Crippen LogP contribution in [0.3, 0.4) is 0 Å². The van der Waals surface area contributed by atoms with E-state index in [9.17, 15) is 9.90 Å². The van der Waals surface area contributed by atoms with Gasteiger partial charge in [0.2, 0.25) is 6.79 Å². The van der Waals surface area contributed by atoms with Gasteiger partial charge >= 0.3 is 0 Å². The van der Waals surface area contributed by atoms with Crippen LogP contribution >= 0.6 is 0 Å². The molecule has 2 aromatic rings. The highest BCUT2D eigenvalue weighted by Gasteiger charge is 2.24. The van der Waals surface area contributed by atoms with E-state index in [2.05, 4.69) is 0 Å². The fourth-order valence-electron chi connectivity index (χ4n) is 2.52. The van der Waals surface area contributed by atoms with Crippen molar-refractivity contribution in [2.45, 2.75) is 0 Å². The zero-order chi connectivity index (χ0) is 15.1. The van der Waals surface area contributed by atoms with Gasteiger partial charge in [-0.05, 0) is 35.9 Å². The Bertz CT molecular complexity index is 807. The molecule has 5 nitrogen and oxygen atoms in total. The van der Waals surface area contributed by atoms with Crippen molar-refractivity contribution in [2.75, 3.05) is 13.4 Å². The minimum Gasteiger partial charge on any atom is -0.508 e. The zero-order valence-electron chi connectivity index (χ0n) is 11.5. The van der Waals surface area contributed by atoms with Gasteiger partial charge in [-0.25, -0.2) is 0 Å².